The monoisotopic (exact) mass is 351 g/mol. The van der Waals surface area contributed by atoms with Crippen molar-refractivity contribution in [2.75, 3.05) is 26.2 Å². The SMILES string of the molecule is O=C(c1cncc(-c2ccccc2OC(F)(F)F)c1)N1CCNCC1. The van der Waals surface area contributed by atoms with E-state index in [0.29, 0.717) is 37.3 Å². The number of piperazine rings is 1. The van der Waals surface area contributed by atoms with Crippen molar-refractivity contribution < 1.29 is 22.7 Å². The second-order valence-corrected chi connectivity index (χ2v) is 5.55. The molecule has 2 aromatic rings. The normalized spacial score (nSPS) is 15.1. The van der Waals surface area contributed by atoms with Gasteiger partial charge in [0, 0.05) is 49.7 Å². The summed E-state index contributed by atoms with van der Waals surface area (Å²) in [6.45, 7) is 2.58. The molecular weight excluding hydrogens is 335 g/mol. The Hall–Kier alpha value is -2.61. The smallest absolute Gasteiger partial charge is 0.405 e. The molecule has 0 atom stereocenters. The Morgan fingerprint density at radius 2 is 1.88 bits per heavy atom. The van der Waals surface area contributed by atoms with Gasteiger partial charge in [0.05, 0.1) is 5.56 Å². The van der Waals surface area contributed by atoms with Gasteiger partial charge in [0.1, 0.15) is 5.75 Å². The Morgan fingerprint density at radius 3 is 2.60 bits per heavy atom. The molecule has 1 N–H and O–H groups in total. The van der Waals surface area contributed by atoms with E-state index in [1.165, 1.54) is 36.7 Å². The standard InChI is InChI=1S/C17H16F3N3O2/c18-17(19,20)25-15-4-2-1-3-14(15)12-9-13(11-22-10-12)16(24)23-7-5-21-6-8-23/h1-4,9-11,21H,5-8H2. The minimum absolute atomic E-state index is 0.190. The second-order valence-electron chi connectivity index (χ2n) is 5.55. The van der Waals surface area contributed by atoms with Crippen molar-refractivity contribution in [2.24, 2.45) is 0 Å². The molecule has 0 spiro atoms. The molecule has 0 saturated carbocycles. The summed E-state index contributed by atoms with van der Waals surface area (Å²) in [5.41, 5.74) is 0.948. The van der Waals surface area contributed by atoms with Crippen molar-refractivity contribution in [3.8, 4) is 16.9 Å². The van der Waals surface area contributed by atoms with Gasteiger partial charge in [-0.3, -0.25) is 9.78 Å². The molecule has 132 valence electrons. The van der Waals surface area contributed by atoms with Crippen molar-refractivity contribution >= 4 is 5.91 Å². The van der Waals surface area contributed by atoms with E-state index in [1.54, 1.807) is 11.0 Å². The lowest BCUT2D eigenvalue weighted by atomic mass is 10.0. The fraction of sp³-hybridized carbons (Fsp3) is 0.294. The number of hydrogen-bond donors (Lipinski definition) is 1. The summed E-state index contributed by atoms with van der Waals surface area (Å²) in [5, 5.41) is 3.15. The lowest BCUT2D eigenvalue weighted by Gasteiger charge is -2.27. The van der Waals surface area contributed by atoms with E-state index in [4.69, 9.17) is 0 Å². The molecule has 1 aromatic carbocycles. The largest absolute Gasteiger partial charge is 0.573 e. The third-order valence-corrected chi connectivity index (χ3v) is 3.81. The average Bonchev–Trinajstić information content (AvgIpc) is 2.61. The summed E-state index contributed by atoms with van der Waals surface area (Å²) in [6, 6.07) is 7.32. The highest BCUT2D eigenvalue weighted by molar-refractivity contribution is 5.95. The lowest BCUT2D eigenvalue weighted by molar-refractivity contribution is -0.274. The van der Waals surface area contributed by atoms with Crippen molar-refractivity contribution in [2.45, 2.75) is 6.36 Å². The fourth-order valence-corrected chi connectivity index (χ4v) is 2.67. The van der Waals surface area contributed by atoms with E-state index in [0.717, 1.165) is 0 Å². The number of halogens is 3. The van der Waals surface area contributed by atoms with E-state index in [9.17, 15) is 18.0 Å². The molecule has 25 heavy (non-hydrogen) atoms. The highest BCUT2D eigenvalue weighted by Gasteiger charge is 2.32. The Morgan fingerprint density at radius 1 is 1.16 bits per heavy atom. The summed E-state index contributed by atoms with van der Waals surface area (Å²) in [5.74, 6) is -0.520. The molecule has 0 bridgehead atoms. The Balaban J connectivity index is 1.90. The van der Waals surface area contributed by atoms with Gasteiger partial charge in [0.25, 0.3) is 5.91 Å². The summed E-state index contributed by atoms with van der Waals surface area (Å²) >= 11 is 0. The summed E-state index contributed by atoms with van der Waals surface area (Å²) < 4.78 is 41.8. The number of hydrogen-bond acceptors (Lipinski definition) is 4. The number of benzene rings is 1. The van der Waals surface area contributed by atoms with Gasteiger partial charge >= 0.3 is 6.36 Å². The Kier molecular flexibility index (Phi) is 4.89. The maximum Gasteiger partial charge on any atom is 0.573 e. The van der Waals surface area contributed by atoms with E-state index < -0.39 is 6.36 Å². The number of para-hydroxylation sites is 1. The molecule has 1 saturated heterocycles. The van der Waals surface area contributed by atoms with Gasteiger partial charge in [-0.2, -0.15) is 0 Å². The minimum atomic E-state index is -4.79. The maximum atomic E-state index is 12.6. The lowest BCUT2D eigenvalue weighted by Crippen LogP contribution is -2.46. The predicted molar refractivity (Wildman–Crippen MR) is 85.1 cm³/mol. The number of amides is 1. The Bertz CT molecular complexity index is 759. The topological polar surface area (TPSA) is 54.5 Å². The minimum Gasteiger partial charge on any atom is -0.405 e. The molecule has 0 aliphatic carbocycles. The van der Waals surface area contributed by atoms with Crippen LogP contribution in [0.15, 0.2) is 42.7 Å². The molecule has 0 unspecified atom stereocenters. The number of carbonyl (C=O) groups is 1. The van der Waals surface area contributed by atoms with E-state index in [1.807, 2.05) is 0 Å². The van der Waals surface area contributed by atoms with Gasteiger partial charge in [0.15, 0.2) is 0 Å². The molecule has 5 nitrogen and oxygen atoms in total. The third-order valence-electron chi connectivity index (χ3n) is 3.81. The zero-order valence-corrected chi connectivity index (χ0v) is 13.2. The molecule has 1 aliphatic rings. The first-order chi connectivity index (χ1) is 11.9. The molecule has 2 heterocycles. The number of aromatic nitrogens is 1. The van der Waals surface area contributed by atoms with E-state index >= 15 is 0 Å². The van der Waals surface area contributed by atoms with Crippen LogP contribution in [0.25, 0.3) is 11.1 Å². The molecule has 1 aliphatic heterocycles. The van der Waals surface area contributed by atoms with Gasteiger partial charge in [-0.15, -0.1) is 13.2 Å². The van der Waals surface area contributed by atoms with E-state index in [2.05, 4.69) is 15.0 Å². The number of carbonyl (C=O) groups excluding carboxylic acids is 1. The summed E-state index contributed by atoms with van der Waals surface area (Å²) in [6.07, 6.45) is -1.97. The highest BCUT2D eigenvalue weighted by Crippen LogP contribution is 2.33. The number of rotatable bonds is 3. The first-order valence-electron chi connectivity index (χ1n) is 7.74. The Labute approximate surface area is 142 Å². The predicted octanol–water partition coefficient (Wildman–Crippen LogP) is 2.69. The van der Waals surface area contributed by atoms with Crippen molar-refractivity contribution in [1.29, 1.82) is 0 Å². The quantitative estimate of drug-likeness (QED) is 0.924. The zero-order chi connectivity index (χ0) is 17.9. The van der Waals surface area contributed by atoms with Crippen molar-refractivity contribution in [3.05, 3.63) is 48.3 Å². The molecule has 3 rings (SSSR count). The number of pyridine rings is 1. The van der Waals surface area contributed by atoms with Gasteiger partial charge in [0.2, 0.25) is 0 Å². The molecule has 8 heteroatoms. The number of nitrogens with one attached hydrogen (secondary N) is 1. The van der Waals surface area contributed by atoms with Crippen LogP contribution in [0.1, 0.15) is 10.4 Å². The van der Waals surface area contributed by atoms with Crippen LogP contribution in [0, 0.1) is 0 Å². The maximum absolute atomic E-state index is 12.6. The molecule has 0 radical (unpaired) electrons. The van der Waals surface area contributed by atoms with Gasteiger partial charge in [-0.1, -0.05) is 18.2 Å². The molecular formula is C17H16F3N3O2. The third kappa shape index (κ3) is 4.27. The van der Waals surface area contributed by atoms with Gasteiger partial charge < -0.3 is 15.0 Å². The van der Waals surface area contributed by atoms with Crippen LogP contribution in [-0.2, 0) is 0 Å². The van der Waals surface area contributed by atoms with Crippen LogP contribution in [0.4, 0.5) is 13.2 Å². The fourth-order valence-electron chi connectivity index (χ4n) is 2.67. The molecule has 1 amide bonds. The van der Waals surface area contributed by atoms with Crippen LogP contribution in [0.5, 0.6) is 5.75 Å². The van der Waals surface area contributed by atoms with Gasteiger partial charge in [-0.25, -0.2) is 0 Å². The number of nitrogens with zero attached hydrogens (tertiary/aromatic N) is 2. The first-order valence-corrected chi connectivity index (χ1v) is 7.74. The van der Waals surface area contributed by atoms with Gasteiger partial charge in [-0.05, 0) is 12.1 Å². The van der Waals surface area contributed by atoms with E-state index in [-0.39, 0.29) is 17.2 Å². The van der Waals surface area contributed by atoms with Crippen LogP contribution in [0.3, 0.4) is 0 Å². The first kappa shape index (κ1) is 17.2. The zero-order valence-electron chi connectivity index (χ0n) is 13.2. The van der Waals surface area contributed by atoms with Crippen LogP contribution in [0.2, 0.25) is 0 Å². The number of alkyl halides is 3. The highest BCUT2D eigenvalue weighted by atomic mass is 19.4. The van der Waals surface area contributed by atoms with Crippen molar-refractivity contribution in [3.63, 3.8) is 0 Å². The van der Waals surface area contributed by atoms with Crippen LogP contribution >= 0.6 is 0 Å². The van der Waals surface area contributed by atoms with Crippen molar-refractivity contribution in [1.82, 2.24) is 15.2 Å². The molecule has 1 fully saturated rings. The second kappa shape index (κ2) is 7.10. The summed E-state index contributed by atoms with van der Waals surface area (Å²) in [7, 11) is 0. The van der Waals surface area contributed by atoms with Crippen LogP contribution in [-0.4, -0.2) is 48.3 Å². The average molecular weight is 351 g/mol. The van der Waals surface area contributed by atoms with Crippen LogP contribution < -0.4 is 10.1 Å². The summed E-state index contributed by atoms with van der Waals surface area (Å²) in [4.78, 5) is 18.2. The molecule has 1 aromatic heterocycles. The number of ether oxygens (including phenoxy) is 1.